The predicted molar refractivity (Wildman–Crippen MR) is 82.3 cm³/mol. The van der Waals surface area contributed by atoms with Gasteiger partial charge in [0.05, 0.1) is 6.61 Å². The number of hydrazone groups is 1. The molecule has 1 N–H and O–H groups in total. The lowest BCUT2D eigenvalue weighted by atomic mass is 10.2. The molecule has 0 heterocycles. The van der Waals surface area contributed by atoms with Crippen LogP contribution in [0.5, 0.6) is 5.75 Å². The van der Waals surface area contributed by atoms with E-state index in [1.54, 1.807) is 30.5 Å². The monoisotopic (exact) mass is 276 g/mol. The van der Waals surface area contributed by atoms with Gasteiger partial charge in [0.2, 0.25) is 0 Å². The Morgan fingerprint density at radius 2 is 1.95 bits per heavy atom. The normalized spacial score (nSPS) is 10.7. The highest BCUT2D eigenvalue weighted by molar-refractivity contribution is 5.94. The SMILES string of the molecule is CCCCCC/C=N/NC(=O)c1ccc(OCC)cc1. The minimum Gasteiger partial charge on any atom is -0.494 e. The van der Waals surface area contributed by atoms with Gasteiger partial charge in [0.25, 0.3) is 5.91 Å². The summed E-state index contributed by atoms with van der Waals surface area (Å²) in [5.74, 6) is 0.571. The first-order valence-electron chi connectivity index (χ1n) is 7.32. The molecule has 0 aliphatic rings. The van der Waals surface area contributed by atoms with Crippen LogP contribution in [0.15, 0.2) is 29.4 Å². The van der Waals surface area contributed by atoms with Gasteiger partial charge in [-0.05, 0) is 44.0 Å². The van der Waals surface area contributed by atoms with Gasteiger partial charge in [0.15, 0.2) is 0 Å². The zero-order chi connectivity index (χ0) is 14.6. The van der Waals surface area contributed by atoms with Crippen molar-refractivity contribution in [2.24, 2.45) is 5.10 Å². The Morgan fingerprint density at radius 3 is 2.60 bits per heavy atom. The molecular weight excluding hydrogens is 252 g/mol. The zero-order valence-electron chi connectivity index (χ0n) is 12.4. The van der Waals surface area contributed by atoms with Gasteiger partial charge in [-0.1, -0.05) is 26.2 Å². The van der Waals surface area contributed by atoms with E-state index in [2.05, 4.69) is 17.5 Å². The van der Waals surface area contributed by atoms with Crippen LogP contribution in [-0.4, -0.2) is 18.7 Å². The molecule has 0 spiro atoms. The second-order valence-electron chi connectivity index (χ2n) is 4.56. The number of hydrogen-bond donors (Lipinski definition) is 1. The number of hydrogen-bond acceptors (Lipinski definition) is 3. The molecular formula is C16H24N2O2. The topological polar surface area (TPSA) is 50.7 Å². The van der Waals surface area contributed by atoms with E-state index in [-0.39, 0.29) is 5.91 Å². The fraction of sp³-hybridized carbons (Fsp3) is 0.500. The maximum absolute atomic E-state index is 11.8. The summed E-state index contributed by atoms with van der Waals surface area (Å²) in [6.07, 6.45) is 7.50. The van der Waals surface area contributed by atoms with Crippen LogP contribution in [0.4, 0.5) is 0 Å². The smallest absolute Gasteiger partial charge is 0.271 e. The van der Waals surface area contributed by atoms with E-state index in [0.717, 1.165) is 18.6 Å². The molecule has 4 nitrogen and oxygen atoms in total. The van der Waals surface area contributed by atoms with Crippen molar-refractivity contribution in [2.75, 3.05) is 6.61 Å². The molecule has 0 saturated carbocycles. The van der Waals surface area contributed by atoms with E-state index in [1.165, 1.54) is 19.3 Å². The molecule has 0 aliphatic carbocycles. The van der Waals surface area contributed by atoms with Crippen LogP contribution in [0.2, 0.25) is 0 Å². The molecule has 0 unspecified atom stereocenters. The van der Waals surface area contributed by atoms with E-state index in [4.69, 9.17) is 4.74 Å². The van der Waals surface area contributed by atoms with Crippen molar-refractivity contribution in [2.45, 2.75) is 46.0 Å². The number of benzene rings is 1. The van der Waals surface area contributed by atoms with E-state index in [1.807, 2.05) is 6.92 Å². The van der Waals surface area contributed by atoms with E-state index in [9.17, 15) is 4.79 Å². The van der Waals surface area contributed by atoms with Crippen molar-refractivity contribution in [3.8, 4) is 5.75 Å². The van der Waals surface area contributed by atoms with Gasteiger partial charge in [0.1, 0.15) is 5.75 Å². The highest BCUT2D eigenvalue weighted by Crippen LogP contribution is 2.11. The Morgan fingerprint density at radius 1 is 1.20 bits per heavy atom. The van der Waals surface area contributed by atoms with Gasteiger partial charge in [0, 0.05) is 11.8 Å². The highest BCUT2D eigenvalue weighted by Gasteiger charge is 2.03. The summed E-state index contributed by atoms with van der Waals surface area (Å²) in [6, 6.07) is 7.04. The molecule has 0 atom stereocenters. The number of ether oxygens (including phenoxy) is 1. The minimum absolute atomic E-state index is 0.196. The summed E-state index contributed by atoms with van der Waals surface area (Å²) < 4.78 is 5.32. The van der Waals surface area contributed by atoms with E-state index >= 15 is 0 Å². The molecule has 110 valence electrons. The number of rotatable bonds is 9. The molecule has 4 heteroatoms. The van der Waals surface area contributed by atoms with Crippen molar-refractivity contribution in [1.29, 1.82) is 0 Å². The third-order valence-corrected chi connectivity index (χ3v) is 2.87. The first kappa shape index (κ1) is 16.2. The standard InChI is InChI=1S/C16H24N2O2/c1-3-5-6-7-8-13-17-18-16(19)14-9-11-15(12-10-14)20-4-2/h9-13H,3-8H2,1-2H3,(H,18,19)/b17-13+. The zero-order valence-corrected chi connectivity index (χ0v) is 12.4. The van der Waals surface area contributed by atoms with E-state index in [0.29, 0.717) is 12.2 Å². The Kier molecular flexibility index (Phi) is 8.11. The quantitative estimate of drug-likeness (QED) is 0.424. The maximum Gasteiger partial charge on any atom is 0.271 e. The number of unbranched alkanes of at least 4 members (excludes halogenated alkanes) is 4. The van der Waals surface area contributed by atoms with Gasteiger partial charge in [-0.25, -0.2) is 5.43 Å². The summed E-state index contributed by atoms with van der Waals surface area (Å²) in [5.41, 5.74) is 3.11. The summed E-state index contributed by atoms with van der Waals surface area (Å²) in [5, 5.41) is 3.95. The average molecular weight is 276 g/mol. The number of nitrogens with zero attached hydrogens (tertiary/aromatic N) is 1. The van der Waals surface area contributed by atoms with Gasteiger partial charge >= 0.3 is 0 Å². The number of amides is 1. The minimum atomic E-state index is -0.196. The van der Waals surface area contributed by atoms with Crippen molar-refractivity contribution >= 4 is 12.1 Å². The van der Waals surface area contributed by atoms with Crippen LogP contribution < -0.4 is 10.2 Å². The van der Waals surface area contributed by atoms with Crippen LogP contribution in [-0.2, 0) is 0 Å². The predicted octanol–water partition coefficient (Wildman–Crippen LogP) is 3.77. The number of carbonyl (C=O) groups excluding carboxylic acids is 1. The molecule has 1 rings (SSSR count). The summed E-state index contributed by atoms with van der Waals surface area (Å²) in [4.78, 5) is 11.8. The summed E-state index contributed by atoms with van der Waals surface area (Å²) in [7, 11) is 0. The molecule has 1 aromatic carbocycles. The lowest BCUT2D eigenvalue weighted by Gasteiger charge is -2.03. The van der Waals surface area contributed by atoms with Crippen molar-refractivity contribution in [1.82, 2.24) is 5.43 Å². The van der Waals surface area contributed by atoms with Crippen LogP contribution in [0, 0.1) is 0 Å². The number of carbonyl (C=O) groups is 1. The molecule has 0 aromatic heterocycles. The fourth-order valence-electron chi connectivity index (χ4n) is 1.76. The molecule has 0 fully saturated rings. The first-order valence-corrected chi connectivity index (χ1v) is 7.32. The lowest BCUT2D eigenvalue weighted by Crippen LogP contribution is -2.17. The first-order chi connectivity index (χ1) is 9.77. The third-order valence-electron chi connectivity index (χ3n) is 2.87. The van der Waals surface area contributed by atoms with Crippen LogP contribution in [0.1, 0.15) is 56.3 Å². The van der Waals surface area contributed by atoms with Gasteiger partial charge in [-0.15, -0.1) is 0 Å². The molecule has 0 radical (unpaired) electrons. The molecule has 20 heavy (non-hydrogen) atoms. The van der Waals surface area contributed by atoms with Crippen LogP contribution >= 0.6 is 0 Å². The van der Waals surface area contributed by atoms with Gasteiger partial charge in [-0.2, -0.15) is 5.10 Å². The van der Waals surface area contributed by atoms with Crippen LogP contribution in [0.25, 0.3) is 0 Å². The largest absolute Gasteiger partial charge is 0.494 e. The molecule has 0 saturated heterocycles. The highest BCUT2D eigenvalue weighted by atomic mass is 16.5. The average Bonchev–Trinajstić information content (AvgIpc) is 2.47. The Bertz CT molecular complexity index is 413. The molecule has 0 aliphatic heterocycles. The van der Waals surface area contributed by atoms with Crippen molar-refractivity contribution in [3.63, 3.8) is 0 Å². The summed E-state index contributed by atoms with van der Waals surface area (Å²) >= 11 is 0. The Balaban J connectivity index is 2.29. The van der Waals surface area contributed by atoms with Crippen LogP contribution in [0.3, 0.4) is 0 Å². The van der Waals surface area contributed by atoms with Crippen molar-refractivity contribution < 1.29 is 9.53 Å². The lowest BCUT2D eigenvalue weighted by molar-refractivity contribution is 0.0955. The second-order valence-corrected chi connectivity index (χ2v) is 4.56. The van der Waals surface area contributed by atoms with E-state index < -0.39 is 0 Å². The molecule has 0 bridgehead atoms. The summed E-state index contributed by atoms with van der Waals surface area (Å²) in [6.45, 7) is 4.73. The van der Waals surface area contributed by atoms with Crippen molar-refractivity contribution in [3.05, 3.63) is 29.8 Å². The van der Waals surface area contributed by atoms with Gasteiger partial charge < -0.3 is 4.74 Å². The Hall–Kier alpha value is -1.84. The Labute approximate surface area is 121 Å². The fourth-order valence-corrected chi connectivity index (χ4v) is 1.76. The third kappa shape index (κ3) is 6.36. The maximum atomic E-state index is 11.8. The molecule has 1 aromatic rings. The second kappa shape index (κ2) is 10.0. The number of nitrogens with one attached hydrogen (secondary N) is 1. The van der Waals surface area contributed by atoms with Gasteiger partial charge in [-0.3, -0.25) is 4.79 Å². The molecule has 1 amide bonds.